The van der Waals surface area contributed by atoms with Crippen LogP contribution in [0, 0.1) is 0 Å². The van der Waals surface area contributed by atoms with Gasteiger partial charge in [0.05, 0.1) is 11.5 Å². The molecule has 0 saturated carbocycles. The number of urea groups is 1. The van der Waals surface area contributed by atoms with Crippen LogP contribution in [0.15, 0.2) is 35.7 Å². The second-order valence-corrected chi connectivity index (χ2v) is 6.07. The summed E-state index contributed by atoms with van der Waals surface area (Å²) in [5, 5.41) is 18.5. The third-order valence-corrected chi connectivity index (χ3v) is 4.13. The average Bonchev–Trinajstić information content (AvgIpc) is 3.15. The van der Waals surface area contributed by atoms with Crippen LogP contribution >= 0.6 is 11.3 Å². The van der Waals surface area contributed by atoms with Gasteiger partial charge in [-0.3, -0.25) is 5.32 Å². The fraction of sp³-hybridized carbons (Fsp3) is 0.267. The monoisotopic (exact) mass is 320 g/mol. The van der Waals surface area contributed by atoms with Gasteiger partial charge in [-0.2, -0.15) is 0 Å². The molecule has 0 fully saturated rings. The van der Waals surface area contributed by atoms with E-state index < -0.39 is 5.60 Å². The van der Waals surface area contributed by atoms with E-state index in [-0.39, 0.29) is 19.4 Å². The highest BCUT2D eigenvalue weighted by Gasteiger charge is 2.26. The van der Waals surface area contributed by atoms with Gasteiger partial charge < -0.3 is 19.9 Å². The first-order valence-corrected chi connectivity index (χ1v) is 7.63. The molecule has 1 atom stereocenters. The molecular formula is C15H16N2O4S. The molecule has 3 rings (SSSR count). The highest BCUT2D eigenvalue weighted by Crippen LogP contribution is 2.35. The minimum Gasteiger partial charge on any atom is -0.454 e. The number of anilines is 1. The molecule has 116 valence electrons. The molecule has 2 heterocycles. The minimum atomic E-state index is -1.21. The van der Waals surface area contributed by atoms with Crippen molar-refractivity contribution in [3.63, 3.8) is 0 Å². The quantitative estimate of drug-likeness (QED) is 0.808. The standard InChI is InChI=1S/C15H16N2O4S/c1-15(19,8-16-14(18)17-13-3-2-6-22-13)10-4-5-11-12(7-10)21-9-20-11/h2-7,19H,8-9H2,1H3,(H2,16,17,18)/t15-/m0/s1. The molecule has 3 N–H and O–H groups in total. The molecule has 2 aromatic rings. The maximum absolute atomic E-state index is 11.8. The van der Waals surface area contributed by atoms with Crippen molar-refractivity contribution in [2.24, 2.45) is 0 Å². The number of fused-ring (bicyclic) bond motifs is 1. The number of ether oxygens (including phenoxy) is 2. The van der Waals surface area contributed by atoms with Crippen molar-refractivity contribution < 1.29 is 19.4 Å². The van der Waals surface area contributed by atoms with E-state index in [1.807, 2.05) is 11.4 Å². The summed E-state index contributed by atoms with van der Waals surface area (Å²) in [7, 11) is 0. The van der Waals surface area contributed by atoms with Gasteiger partial charge in [0.15, 0.2) is 11.5 Å². The molecule has 22 heavy (non-hydrogen) atoms. The number of hydrogen-bond donors (Lipinski definition) is 3. The molecule has 1 aromatic heterocycles. The van der Waals surface area contributed by atoms with Crippen molar-refractivity contribution in [3.8, 4) is 11.5 Å². The second kappa shape index (κ2) is 5.86. The molecule has 0 saturated heterocycles. The summed E-state index contributed by atoms with van der Waals surface area (Å²) in [5.41, 5.74) is -0.568. The van der Waals surface area contributed by atoms with Gasteiger partial charge in [0.1, 0.15) is 5.60 Å². The number of hydrogen-bond acceptors (Lipinski definition) is 5. The smallest absolute Gasteiger partial charge is 0.319 e. The summed E-state index contributed by atoms with van der Waals surface area (Å²) in [6.45, 7) is 1.89. The van der Waals surface area contributed by atoms with Crippen LogP contribution in [-0.4, -0.2) is 24.5 Å². The Balaban J connectivity index is 1.62. The van der Waals surface area contributed by atoms with Crippen molar-refractivity contribution in [2.45, 2.75) is 12.5 Å². The maximum Gasteiger partial charge on any atom is 0.319 e. The Labute approximate surface area is 131 Å². The molecule has 2 amide bonds. The number of benzene rings is 1. The summed E-state index contributed by atoms with van der Waals surface area (Å²) in [4.78, 5) is 11.8. The van der Waals surface area contributed by atoms with E-state index in [9.17, 15) is 9.90 Å². The van der Waals surface area contributed by atoms with Crippen molar-refractivity contribution in [3.05, 3.63) is 41.3 Å². The molecule has 0 bridgehead atoms. The van der Waals surface area contributed by atoms with Crippen LogP contribution in [0.25, 0.3) is 0 Å². The molecular weight excluding hydrogens is 304 g/mol. The fourth-order valence-corrected chi connectivity index (χ4v) is 2.70. The first-order valence-electron chi connectivity index (χ1n) is 6.75. The van der Waals surface area contributed by atoms with Gasteiger partial charge in [-0.15, -0.1) is 11.3 Å². The SMILES string of the molecule is C[C@](O)(CNC(=O)Nc1cccs1)c1ccc2c(c1)OCO2. The van der Waals surface area contributed by atoms with Crippen LogP contribution in [-0.2, 0) is 5.60 Å². The highest BCUT2D eigenvalue weighted by molar-refractivity contribution is 7.14. The van der Waals surface area contributed by atoms with Crippen LogP contribution in [0.3, 0.4) is 0 Å². The molecule has 1 aromatic carbocycles. The summed E-state index contributed by atoms with van der Waals surface area (Å²) in [6, 6.07) is 8.53. The number of thiophene rings is 1. The first-order chi connectivity index (χ1) is 10.5. The molecule has 0 spiro atoms. The number of carbonyl (C=O) groups is 1. The number of aliphatic hydroxyl groups is 1. The third-order valence-electron chi connectivity index (χ3n) is 3.35. The summed E-state index contributed by atoms with van der Waals surface area (Å²) >= 11 is 1.43. The van der Waals surface area contributed by atoms with Crippen molar-refractivity contribution >= 4 is 22.4 Å². The average molecular weight is 320 g/mol. The molecule has 0 unspecified atom stereocenters. The van der Waals surface area contributed by atoms with Gasteiger partial charge >= 0.3 is 6.03 Å². The first kappa shape index (κ1) is 14.7. The summed E-state index contributed by atoms with van der Waals surface area (Å²) in [5.74, 6) is 1.25. The molecule has 1 aliphatic heterocycles. The summed E-state index contributed by atoms with van der Waals surface area (Å²) in [6.07, 6.45) is 0. The Morgan fingerprint density at radius 1 is 1.36 bits per heavy atom. The van der Waals surface area contributed by atoms with Crippen LogP contribution in [0.1, 0.15) is 12.5 Å². The Morgan fingerprint density at radius 3 is 2.95 bits per heavy atom. The van der Waals surface area contributed by atoms with E-state index in [1.54, 1.807) is 31.2 Å². The fourth-order valence-electron chi connectivity index (χ4n) is 2.09. The van der Waals surface area contributed by atoms with Crippen molar-refractivity contribution in [1.29, 1.82) is 0 Å². The zero-order valence-corrected chi connectivity index (χ0v) is 12.8. The lowest BCUT2D eigenvalue weighted by Crippen LogP contribution is -2.40. The molecule has 0 aliphatic carbocycles. The Morgan fingerprint density at radius 2 is 2.18 bits per heavy atom. The van der Waals surface area contributed by atoms with Crippen LogP contribution < -0.4 is 20.1 Å². The van der Waals surface area contributed by atoms with E-state index in [2.05, 4.69) is 10.6 Å². The third kappa shape index (κ3) is 3.15. The van der Waals surface area contributed by atoms with Crippen LogP contribution in [0.5, 0.6) is 11.5 Å². The largest absolute Gasteiger partial charge is 0.454 e. The lowest BCUT2D eigenvalue weighted by atomic mass is 9.95. The van der Waals surface area contributed by atoms with Gasteiger partial charge in [-0.05, 0) is 42.1 Å². The molecule has 1 aliphatic rings. The predicted molar refractivity (Wildman–Crippen MR) is 83.5 cm³/mol. The normalized spacial score (nSPS) is 15.2. The van der Waals surface area contributed by atoms with E-state index >= 15 is 0 Å². The van der Waals surface area contributed by atoms with E-state index in [4.69, 9.17) is 9.47 Å². The highest BCUT2D eigenvalue weighted by atomic mass is 32.1. The Bertz CT molecular complexity index is 670. The van der Waals surface area contributed by atoms with Crippen molar-refractivity contribution in [2.75, 3.05) is 18.7 Å². The summed E-state index contributed by atoms with van der Waals surface area (Å²) < 4.78 is 10.5. The number of nitrogens with one attached hydrogen (secondary N) is 2. The molecule has 6 nitrogen and oxygen atoms in total. The number of amides is 2. The zero-order chi connectivity index (χ0) is 15.6. The van der Waals surface area contributed by atoms with Crippen LogP contribution in [0.4, 0.5) is 9.80 Å². The minimum absolute atomic E-state index is 0.0733. The topological polar surface area (TPSA) is 79.8 Å². The van der Waals surface area contributed by atoms with Gasteiger partial charge in [-0.25, -0.2) is 4.79 Å². The van der Waals surface area contributed by atoms with E-state index in [1.165, 1.54) is 11.3 Å². The van der Waals surface area contributed by atoms with Gasteiger partial charge in [0.2, 0.25) is 6.79 Å². The van der Waals surface area contributed by atoms with Crippen molar-refractivity contribution in [1.82, 2.24) is 5.32 Å². The lowest BCUT2D eigenvalue weighted by molar-refractivity contribution is 0.0597. The zero-order valence-electron chi connectivity index (χ0n) is 12.0. The van der Waals surface area contributed by atoms with Gasteiger partial charge in [-0.1, -0.05) is 6.07 Å². The van der Waals surface area contributed by atoms with Gasteiger partial charge in [0, 0.05) is 0 Å². The Kier molecular flexibility index (Phi) is 3.91. The van der Waals surface area contributed by atoms with E-state index in [0.29, 0.717) is 17.1 Å². The number of rotatable bonds is 4. The van der Waals surface area contributed by atoms with E-state index in [0.717, 1.165) is 5.00 Å². The lowest BCUT2D eigenvalue weighted by Gasteiger charge is -2.24. The molecule has 7 heteroatoms. The molecule has 0 radical (unpaired) electrons. The maximum atomic E-state index is 11.8. The predicted octanol–water partition coefficient (Wildman–Crippen LogP) is 2.51. The number of carbonyl (C=O) groups excluding carboxylic acids is 1. The Hall–Kier alpha value is -2.25. The van der Waals surface area contributed by atoms with Crippen LogP contribution in [0.2, 0.25) is 0 Å². The second-order valence-electron chi connectivity index (χ2n) is 5.13. The van der Waals surface area contributed by atoms with Gasteiger partial charge in [0.25, 0.3) is 0 Å².